The van der Waals surface area contributed by atoms with Gasteiger partial charge in [0.15, 0.2) is 0 Å². The molecule has 0 heterocycles. The third kappa shape index (κ3) is 2.99. The molecule has 2 aromatic rings. The Bertz CT molecular complexity index is 615. The first-order chi connectivity index (χ1) is 9.49. The van der Waals surface area contributed by atoms with E-state index in [4.69, 9.17) is 0 Å². The smallest absolute Gasteiger partial charge is 0.255 e. The Labute approximate surface area is 120 Å². The SMILES string of the molecule is Cc1cccc(NC(=O)c2ccc(N(C)C)cc2)c1C. The van der Waals surface area contributed by atoms with Gasteiger partial charge in [0.1, 0.15) is 0 Å². The fourth-order valence-electron chi connectivity index (χ4n) is 1.99. The molecule has 0 atom stereocenters. The van der Waals surface area contributed by atoms with Crippen LogP contribution in [0, 0.1) is 13.8 Å². The molecule has 0 spiro atoms. The van der Waals surface area contributed by atoms with Gasteiger partial charge in [0.2, 0.25) is 0 Å². The molecule has 0 aliphatic heterocycles. The average Bonchev–Trinajstić information content (AvgIpc) is 2.44. The fourth-order valence-corrected chi connectivity index (χ4v) is 1.99. The number of hydrogen-bond acceptors (Lipinski definition) is 2. The lowest BCUT2D eigenvalue weighted by Crippen LogP contribution is -2.14. The van der Waals surface area contributed by atoms with Crippen LogP contribution in [0.1, 0.15) is 21.5 Å². The van der Waals surface area contributed by atoms with E-state index in [1.54, 1.807) is 0 Å². The van der Waals surface area contributed by atoms with E-state index in [-0.39, 0.29) is 5.91 Å². The molecule has 0 saturated carbocycles. The van der Waals surface area contributed by atoms with Crippen molar-refractivity contribution in [2.24, 2.45) is 0 Å². The summed E-state index contributed by atoms with van der Waals surface area (Å²) in [6, 6.07) is 13.5. The number of carbonyl (C=O) groups excluding carboxylic acids is 1. The third-order valence-electron chi connectivity index (χ3n) is 3.50. The van der Waals surface area contributed by atoms with Gasteiger partial charge in [-0.25, -0.2) is 0 Å². The Kier molecular flexibility index (Phi) is 4.08. The summed E-state index contributed by atoms with van der Waals surface area (Å²) in [4.78, 5) is 14.2. The van der Waals surface area contributed by atoms with Crippen LogP contribution in [0.3, 0.4) is 0 Å². The van der Waals surface area contributed by atoms with Gasteiger partial charge in [0, 0.05) is 31.0 Å². The van der Waals surface area contributed by atoms with Gasteiger partial charge < -0.3 is 10.2 Å². The molecule has 0 aliphatic rings. The van der Waals surface area contributed by atoms with Gasteiger partial charge in [0.25, 0.3) is 5.91 Å². The largest absolute Gasteiger partial charge is 0.378 e. The number of rotatable bonds is 3. The molecule has 0 unspecified atom stereocenters. The zero-order chi connectivity index (χ0) is 14.7. The molecule has 0 fully saturated rings. The van der Waals surface area contributed by atoms with Crippen LogP contribution in [0.4, 0.5) is 11.4 Å². The molecule has 1 N–H and O–H groups in total. The van der Waals surface area contributed by atoms with Crippen molar-refractivity contribution in [3.05, 3.63) is 59.2 Å². The van der Waals surface area contributed by atoms with Gasteiger partial charge in [-0.2, -0.15) is 0 Å². The molecule has 2 rings (SSSR count). The first-order valence-corrected chi connectivity index (χ1v) is 6.64. The number of amides is 1. The highest BCUT2D eigenvalue weighted by Gasteiger charge is 2.08. The summed E-state index contributed by atoms with van der Waals surface area (Å²) in [7, 11) is 3.95. The third-order valence-corrected chi connectivity index (χ3v) is 3.50. The Morgan fingerprint density at radius 3 is 2.25 bits per heavy atom. The monoisotopic (exact) mass is 268 g/mol. The van der Waals surface area contributed by atoms with Crippen molar-refractivity contribution < 1.29 is 4.79 Å². The van der Waals surface area contributed by atoms with E-state index in [1.807, 2.05) is 75.3 Å². The number of nitrogens with zero attached hydrogens (tertiary/aromatic N) is 1. The molecule has 3 heteroatoms. The van der Waals surface area contributed by atoms with Gasteiger partial charge in [-0.05, 0) is 55.3 Å². The lowest BCUT2D eigenvalue weighted by atomic mass is 10.1. The molecule has 1 amide bonds. The summed E-state index contributed by atoms with van der Waals surface area (Å²) in [6.45, 7) is 4.05. The van der Waals surface area contributed by atoms with Crippen molar-refractivity contribution >= 4 is 17.3 Å². The van der Waals surface area contributed by atoms with Crippen molar-refractivity contribution in [3.63, 3.8) is 0 Å². The minimum Gasteiger partial charge on any atom is -0.378 e. The summed E-state index contributed by atoms with van der Waals surface area (Å²) in [6.07, 6.45) is 0. The quantitative estimate of drug-likeness (QED) is 0.922. The highest BCUT2D eigenvalue weighted by molar-refractivity contribution is 6.04. The molecule has 0 saturated heterocycles. The summed E-state index contributed by atoms with van der Waals surface area (Å²) >= 11 is 0. The first-order valence-electron chi connectivity index (χ1n) is 6.64. The molecule has 3 nitrogen and oxygen atoms in total. The van der Waals surface area contributed by atoms with Gasteiger partial charge >= 0.3 is 0 Å². The van der Waals surface area contributed by atoms with Crippen molar-refractivity contribution in [2.45, 2.75) is 13.8 Å². The van der Waals surface area contributed by atoms with Crippen LogP contribution in [0.5, 0.6) is 0 Å². The van der Waals surface area contributed by atoms with E-state index in [1.165, 1.54) is 5.56 Å². The Balaban J connectivity index is 2.18. The van der Waals surface area contributed by atoms with E-state index < -0.39 is 0 Å². The minimum absolute atomic E-state index is 0.0796. The highest BCUT2D eigenvalue weighted by Crippen LogP contribution is 2.19. The maximum atomic E-state index is 12.2. The summed E-state index contributed by atoms with van der Waals surface area (Å²) in [5.41, 5.74) is 4.88. The van der Waals surface area contributed by atoms with Crippen LogP contribution in [-0.4, -0.2) is 20.0 Å². The van der Waals surface area contributed by atoms with E-state index in [0.717, 1.165) is 16.9 Å². The normalized spacial score (nSPS) is 10.2. The lowest BCUT2D eigenvalue weighted by Gasteiger charge is -2.13. The van der Waals surface area contributed by atoms with Gasteiger partial charge in [-0.15, -0.1) is 0 Å². The fraction of sp³-hybridized carbons (Fsp3) is 0.235. The predicted octanol–water partition coefficient (Wildman–Crippen LogP) is 3.62. The number of anilines is 2. The zero-order valence-electron chi connectivity index (χ0n) is 12.4. The van der Waals surface area contributed by atoms with E-state index in [9.17, 15) is 4.79 Å². The molecule has 0 radical (unpaired) electrons. The molecular weight excluding hydrogens is 248 g/mol. The number of hydrogen-bond donors (Lipinski definition) is 1. The zero-order valence-corrected chi connectivity index (χ0v) is 12.4. The van der Waals surface area contributed by atoms with E-state index in [0.29, 0.717) is 5.56 Å². The van der Waals surface area contributed by atoms with Crippen LogP contribution in [0.25, 0.3) is 0 Å². The van der Waals surface area contributed by atoms with Crippen molar-refractivity contribution in [1.82, 2.24) is 0 Å². The molecule has 0 bridgehead atoms. The molecular formula is C17H20N2O. The molecule has 104 valence electrons. The van der Waals surface area contributed by atoms with E-state index >= 15 is 0 Å². The maximum absolute atomic E-state index is 12.2. The number of aryl methyl sites for hydroxylation is 1. The summed E-state index contributed by atoms with van der Waals surface area (Å²) in [5.74, 6) is -0.0796. The average molecular weight is 268 g/mol. The number of nitrogens with one attached hydrogen (secondary N) is 1. The number of carbonyl (C=O) groups is 1. The number of benzene rings is 2. The van der Waals surface area contributed by atoms with Gasteiger partial charge in [0.05, 0.1) is 0 Å². The summed E-state index contributed by atoms with van der Waals surface area (Å²) in [5, 5.41) is 2.96. The topological polar surface area (TPSA) is 32.3 Å². The molecule has 2 aromatic carbocycles. The highest BCUT2D eigenvalue weighted by atomic mass is 16.1. The van der Waals surface area contributed by atoms with Crippen molar-refractivity contribution in [3.8, 4) is 0 Å². The Morgan fingerprint density at radius 1 is 1.00 bits per heavy atom. The first kappa shape index (κ1) is 14.1. The van der Waals surface area contributed by atoms with E-state index in [2.05, 4.69) is 5.32 Å². The molecule has 0 aliphatic carbocycles. The second-order valence-electron chi connectivity index (χ2n) is 5.14. The maximum Gasteiger partial charge on any atom is 0.255 e. The standard InChI is InChI=1S/C17H20N2O/c1-12-6-5-7-16(13(12)2)18-17(20)14-8-10-15(11-9-14)19(3)4/h5-11H,1-4H3,(H,18,20). The van der Waals surface area contributed by atoms with Crippen LogP contribution < -0.4 is 10.2 Å². The molecule has 0 aromatic heterocycles. The Hall–Kier alpha value is -2.29. The van der Waals surface area contributed by atoms with Gasteiger partial charge in [-0.3, -0.25) is 4.79 Å². The molecule has 20 heavy (non-hydrogen) atoms. The Morgan fingerprint density at radius 2 is 1.65 bits per heavy atom. The second kappa shape index (κ2) is 5.78. The van der Waals surface area contributed by atoms with Gasteiger partial charge in [-0.1, -0.05) is 12.1 Å². The van der Waals surface area contributed by atoms with Crippen LogP contribution in [-0.2, 0) is 0 Å². The van der Waals surface area contributed by atoms with Crippen molar-refractivity contribution in [2.75, 3.05) is 24.3 Å². The lowest BCUT2D eigenvalue weighted by molar-refractivity contribution is 0.102. The van der Waals surface area contributed by atoms with Crippen LogP contribution >= 0.6 is 0 Å². The van der Waals surface area contributed by atoms with Crippen LogP contribution in [0.15, 0.2) is 42.5 Å². The van der Waals surface area contributed by atoms with Crippen molar-refractivity contribution in [1.29, 1.82) is 0 Å². The van der Waals surface area contributed by atoms with Crippen LogP contribution in [0.2, 0.25) is 0 Å². The summed E-state index contributed by atoms with van der Waals surface area (Å²) < 4.78 is 0. The predicted molar refractivity (Wildman–Crippen MR) is 84.6 cm³/mol. The second-order valence-corrected chi connectivity index (χ2v) is 5.14. The minimum atomic E-state index is -0.0796.